The second kappa shape index (κ2) is 5.15. The van der Waals surface area contributed by atoms with Crippen molar-refractivity contribution in [2.24, 2.45) is 0 Å². The van der Waals surface area contributed by atoms with Gasteiger partial charge in [0.1, 0.15) is 17.7 Å². The highest BCUT2D eigenvalue weighted by Gasteiger charge is 2.34. The minimum Gasteiger partial charge on any atom is -0.497 e. The zero-order valence-corrected chi connectivity index (χ0v) is 10.5. The molecule has 0 spiro atoms. The van der Waals surface area contributed by atoms with Crippen LogP contribution < -0.4 is 19.7 Å². The fourth-order valence-corrected chi connectivity index (χ4v) is 1.84. The number of urea groups is 1. The number of rotatable bonds is 3. The van der Waals surface area contributed by atoms with Crippen LogP contribution in [0.1, 0.15) is 6.42 Å². The van der Waals surface area contributed by atoms with Crippen molar-refractivity contribution < 1.29 is 24.2 Å². The summed E-state index contributed by atoms with van der Waals surface area (Å²) < 4.78 is 10.2. The second-order valence-electron chi connectivity index (χ2n) is 3.94. The van der Waals surface area contributed by atoms with E-state index in [1.54, 1.807) is 12.1 Å². The number of imide groups is 1. The first-order valence-electron chi connectivity index (χ1n) is 5.60. The lowest BCUT2D eigenvalue weighted by atomic mass is 10.2. The van der Waals surface area contributed by atoms with Crippen LogP contribution in [0.3, 0.4) is 0 Å². The average Bonchev–Trinajstić information content (AvgIpc) is 2.37. The van der Waals surface area contributed by atoms with Gasteiger partial charge in [0.2, 0.25) is 5.91 Å². The van der Waals surface area contributed by atoms with Crippen LogP contribution in [0.25, 0.3) is 0 Å². The summed E-state index contributed by atoms with van der Waals surface area (Å²) in [6.45, 7) is 0. The van der Waals surface area contributed by atoms with Crippen molar-refractivity contribution in [2.75, 3.05) is 19.1 Å². The lowest BCUT2D eigenvalue weighted by molar-refractivity contribution is -0.121. The summed E-state index contributed by atoms with van der Waals surface area (Å²) in [7, 11) is 2.92. The van der Waals surface area contributed by atoms with Gasteiger partial charge in [0.25, 0.3) is 0 Å². The molecule has 0 bridgehead atoms. The van der Waals surface area contributed by atoms with Gasteiger partial charge >= 0.3 is 6.03 Å². The van der Waals surface area contributed by atoms with Crippen molar-refractivity contribution in [3.05, 3.63) is 18.2 Å². The Morgan fingerprint density at radius 3 is 2.63 bits per heavy atom. The molecule has 7 heteroatoms. The van der Waals surface area contributed by atoms with E-state index < -0.39 is 18.2 Å². The number of nitrogens with one attached hydrogen (secondary N) is 1. The SMILES string of the molecule is COc1ccc(OC)c(N2C(=O)CC(O)NC2=O)c1. The summed E-state index contributed by atoms with van der Waals surface area (Å²) in [4.78, 5) is 24.6. The van der Waals surface area contributed by atoms with E-state index in [1.165, 1.54) is 20.3 Å². The van der Waals surface area contributed by atoms with Gasteiger partial charge in [-0.15, -0.1) is 0 Å². The molecule has 0 aliphatic carbocycles. The third kappa shape index (κ3) is 2.45. The molecule has 1 saturated heterocycles. The van der Waals surface area contributed by atoms with E-state index in [0.29, 0.717) is 11.5 Å². The maximum absolute atomic E-state index is 11.9. The Hall–Kier alpha value is -2.28. The molecule has 1 aliphatic heterocycles. The van der Waals surface area contributed by atoms with E-state index in [1.807, 2.05) is 0 Å². The molecule has 0 radical (unpaired) electrons. The molecule has 0 aromatic heterocycles. The number of hydrogen-bond donors (Lipinski definition) is 2. The van der Waals surface area contributed by atoms with Crippen LogP contribution in [0.15, 0.2) is 18.2 Å². The Kier molecular flexibility index (Phi) is 3.57. The number of ether oxygens (including phenoxy) is 2. The smallest absolute Gasteiger partial charge is 0.330 e. The fraction of sp³-hybridized carbons (Fsp3) is 0.333. The van der Waals surface area contributed by atoms with Crippen molar-refractivity contribution >= 4 is 17.6 Å². The predicted octanol–water partition coefficient (Wildman–Crippen LogP) is 0.469. The molecule has 2 rings (SSSR count). The van der Waals surface area contributed by atoms with Crippen LogP contribution in [-0.4, -0.2) is 37.5 Å². The van der Waals surface area contributed by atoms with Gasteiger partial charge in [-0.2, -0.15) is 0 Å². The summed E-state index contributed by atoms with van der Waals surface area (Å²) in [5, 5.41) is 11.6. The summed E-state index contributed by atoms with van der Waals surface area (Å²) in [6.07, 6.45) is -1.35. The van der Waals surface area contributed by atoms with Crippen LogP contribution >= 0.6 is 0 Å². The molecule has 1 fully saturated rings. The highest BCUT2D eigenvalue weighted by atomic mass is 16.5. The molecule has 3 amide bonds. The summed E-state index contributed by atoms with van der Waals surface area (Å²) in [6, 6.07) is 4.08. The van der Waals surface area contributed by atoms with E-state index >= 15 is 0 Å². The maximum Gasteiger partial charge on any atom is 0.330 e. The lowest BCUT2D eigenvalue weighted by Gasteiger charge is -2.29. The quantitative estimate of drug-likeness (QED) is 0.830. The normalized spacial score (nSPS) is 19.1. The van der Waals surface area contributed by atoms with Gasteiger partial charge in [-0.3, -0.25) is 4.79 Å². The predicted molar refractivity (Wildman–Crippen MR) is 66.2 cm³/mol. The Morgan fingerprint density at radius 1 is 1.32 bits per heavy atom. The number of amides is 3. The topological polar surface area (TPSA) is 88.1 Å². The number of aliphatic hydroxyl groups excluding tert-OH is 1. The number of carbonyl (C=O) groups excluding carboxylic acids is 2. The minimum atomic E-state index is -1.16. The van der Waals surface area contributed by atoms with Crippen LogP contribution in [0.5, 0.6) is 11.5 Å². The van der Waals surface area contributed by atoms with Gasteiger partial charge in [0.15, 0.2) is 0 Å². The van der Waals surface area contributed by atoms with Crippen LogP contribution in [-0.2, 0) is 4.79 Å². The Bertz CT molecular complexity index is 499. The average molecular weight is 266 g/mol. The van der Waals surface area contributed by atoms with Gasteiger partial charge in [-0.05, 0) is 12.1 Å². The van der Waals surface area contributed by atoms with E-state index in [9.17, 15) is 14.7 Å². The van der Waals surface area contributed by atoms with Gasteiger partial charge in [0.05, 0.1) is 26.3 Å². The van der Waals surface area contributed by atoms with Crippen molar-refractivity contribution in [2.45, 2.75) is 12.6 Å². The molecule has 1 aliphatic rings. The molecule has 1 aromatic rings. The molecule has 7 nitrogen and oxygen atoms in total. The molecular formula is C12H14N2O5. The zero-order chi connectivity index (χ0) is 14.0. The summed E-state index contributed by atoms with van der Waals surface area (Å²) >= 11 is 0. The molecule has 19 heavy (non-hydrogen) atoms. The molecule has 1 unspecified atom stereocenters. The monoisotopic (exact) mass is 266 g/mol. The van der Waals surface area contributed by atoms with E-state index in [2.05, 4.69) is 5.32 Å². The highest BCUT2D eigenvalue weighted by molar-refractivity contribution is 6.16. The van der Waals surface area contributed by atoms with E-state index in [-0.39, 0.29) is 12.1 Å². The minimum absolute atomic E-state index is 0.188. The molecule has 102 valence electrons. The fourth-order valence-electron chi connectivity index (χ4n) is 1.84. The molecule has 1 aromatic carbocycles. The Labute approximate surface area is 109 Å². The number of carbonyl (C=O) groups is 2. The largest absolute Gasteiger partial charge is 0.497 e. The van der Waals surface area contributed by atoms with Crippen LogP contribution in [0.4, 0.5) is 10.5 Å². The van der Waals surface area contributed by atoms with Crippen molar-refractivity contribution in [1.29, 1.82) is 0 Å². The summed E-state index contributed by atoms with van der Waals surface area (Å²) in [5.41, 5.74) is 0.274. The van der Waals surface area contributed by atoms with Gasteiger partial charge in [-0.25, -0.2) is 9.69 Å². The molecule has 1 heterocycles. The first-order chi connectivity index (χ1) is 9.06. The van der Waals surface area contributed by atoms with E-state index in [0.717, 1.165) is 4.90 Å². The van der Waals surface area contributed by atoms with Gasteiger partial charge < -0.3 is 19.9 Å². The Balaban J connectivity index is 2.44. The Morgan fingerprint density at radius 2 is 2.05 bits per heavy atom. The first kappa shape index (κ1) is 13.2. The number of benzene rings is 1. The van der Waals surface area contributed by atoms with Gasteiger partial charge in [0, 0.05) is 6.07 Å². The zero-order valence-electron chi connectivity index (χ0n) is 10.5. The number of anilines is 1. The molecule has 1 atom stereocenters. The lowest BCUT2D eigenvalue weighted by Crippen LogP contribution is -2.55. The summed E-state index contributed by atoms with van der Waals surface area (Å²) in [5.74, 6) is 0.339. The standard InChI is InChI=1S/C12H14N2O5/c1-18-7-3-4-9(19-2)8(5-7)14-11(16)6-10(15)13-12(14)17/h3-5,10,15H,6H2,1-2H3,(H,13,17). The number of methoxy groups -OCH3 is 2. The van der Waals surface area contributed by atoms with Crippen LogP contribution in [0, 0.1) is 0 Å². The first-order valence-corrected chi connectivity index (χ1v) is 5.60. The molecule has 2 N–H and O–H groups in total. The highest BCUT2D eigenvalue weighted by Crippen LogP contribution is 2.33. The molecular weight excluding hydrogens is 252 g/mol. The molecule has 0 saturated carbocycles. The van der Waals surface area contributed by atoms with Crippen LogP contribution in [0.2, 0.25) is 0 Å². The van der Waals surface area contributed by atoms with E-state index in [4.69, 9.17) is 9.47 Å². The third-order valence-corrected chi connectivity index (χ3v) is 2.74. The van der Waals surface area contributed by atoms with Crippen molar-refractivity contribution in [1.82, 2.24) is 5.32 Å². The number of aliphatic hydroxyl groups is 1. The maximum atomic E-state index is 11.9. The number of hydrogen-bond acceptors (Lipinski definition) is 5. The van der Waals surface area contributed by atoms with Crippen molar-refractivity contribution in [3.63, 3.8) is 0 Å². The number of nitrogens with zero attached hydrogens (tertiary/aromatic N) is 1. The second-order valence-corrected chi connectivity index (χ2v) is 3.94. The van der Waals surface area contributed by atoms with Crippen molar-refractivity contribution in [3.8, 4) is 11.5 Å². The van der Waals surface area contributed by atoms with Gasteiger partial charge in [-0.1, -0.05) is 0 Å². The third-order valence-electron chi connectivity index (χ3n) is 2.74.